The maximum Gasteiger partial charge on any atom is 0.305 e. The molecule has 0 rings (SSSR count). The van der Waals surface area contributed by atoms with Crippen molar-refractivity contribution in [3.63, 3.8) is 0 Å². The second kappa shape index (κ2) is 36.2. The molecular formula is C40H76N2O4. The Morgan fingerprint density at radius 2 is 0.826 bits per heavy atom. The van der Waals surface area contributed by atoms with Gasteiger partial charge in [0.15, 0.2) is 0 Å². The van der Waals surface area contributed by atoms with Crippen molar-refractivity contribution in [1.29, 1.82) is 0 Å². The number of nitrogens with zero attached hydrogens (tertiary/aromatic N) is 2. The smallest absolute Gasteiger partial charge is 0.305 e. The van der Waals surface area contributed by atoms with Gasteiger partial charge in [0.1, 0.15) is 0 Å². The maximum atomic E-state index is 12.0. The average molecular weight is 649 g/mol. The van der Waals surface area contributed by atoms with Crippen molar-refractivity contribution in [1.82, 2.24) is 9.80 Å². The third-order valence-electron chi connectivity index (χ3n) is 8.42. The van der Waals surface area contributed by atoms with E-state index in [0.717, 1.165) is 57.9 Å². The summed E-state index contributed by atoms with van der Waals surface area (Å²) in [5.41, 5.74) is 0. The fraction of sp³-hybridized carbons (Fsp3) is 0.850. The monoisotopic (exact) mass is 649 g/mol. The lowest BCUT2D eigenvalue weighted by Crippen LogP contribution is -2.28. The summed E-state index contributed by atoms with van der Waals surface area (Å²) in [5, 5.41) is 0. The molecule has 0 saturated carbocycles. The molecule has 46 heavy (non-hydrogen) atoms. The first-order chi connectivity index (χ1) is 22.5. The van der Waals surface area contributed by atoms with E-state index in [9.17, 15) is 9.59 Å². The van der Waals surface area contributed by atoms with E-state index in [2.05, 4.69) is 62.0 Å². The van der Waals surface area contributed by atoms with E-state index in [4.69, 9.17) is 9.47 Å². The van der Waals surface area contributed by atoms with Crippen LogP contribution in [0, 0.1) is 0 Å². The lowest BCUT2D eigenvalue weighted by Gasteiger charge is -2.23. The molecule has 0 spiro atoms. The second-order valence-corrected chi connectivity index (χ2v) is 13.3. The van der Waals surface area contributed by atoms with Gasteiger partial charge in [-0.1, -0.05) is 102 Å². The van der Waals surface area contributed by atoms with Gasteiger partial charge in [-0.3, -0.25) is 9.59 Å². The number of ether oxygens (including phenoxy) is 2. The predicted octanol–water partition coefficient (Wildman–Crippen LogP) is 10.5. The van der Waals surface area contributed by atoms with Crippen LogP contribution in [-0.4, -0.2) is 75.2 Å². The lowest BCUT2D eigenvalue weighted by atomic mass is 10.1. The van der Waals surface area contributed by atoms with E-state index in [1.165, 1.54) is 110 Å². The number of allylic oxidation sites excluding steroid dienone is 2. The van der Waals surface area contributed by atoms with Crippen LogP contribution in [0.25, 0.3) is 0 Å². The molecule has 270 valence electrons. The Morgan fingerprint density at radius 1 is 0.457 bits per heavy atom. The summed E-state index contributed by atoms with van der Waals surface area (Å²) in [6.07, 6.45) is 35.3. The fourth-order valence-corrected chi connectivity index (χ4v) is 5.49. The number of esters is 2. The standard InChI is InChI=1S/C40H76N2O4/c1-5-7-9-11-13-21-29-37-45-39(43)31-23-17-15-19-25-34-42(36-28-27-33-41(3)4)35-26-20-16-18-24-32-40(44)46-38-30-22-14-12-10-8-6-2/h13-14,21-22H,5-12,15-20,23-38H2,1-4H3. The van der Waals surface area contributed by atoms with Gasteiger partial charge in [-0.15, -0.1) is 0 Å². The van der Waals surface area contributed by atoms with Crippen molar-refractivity contribution < 1.29 is 19.1 Å². The van der Waals surface area contributed by atoms with Crippen molar-refractivity contribution in [3.05, 3.63) is 24.3 Å². The van der Waals surface area contributed by atoms with Gasteiger partial charge in [0, 0.05) is 12.8 Å². The van der Waals surface area contributed by atoms with E-state index in [-0.39, 0.29) is 11.9 Å². The molecule has 0 aromatic rings. The molecule has 0 saturated heterocycles. The Hall–Kier alpha value is -1.66. The molecule has 0 N–H and O–H groups in total. The van der Waals surface area contributed by atoms with Crippen LogP contribution < -0.4 is 0 Å². The Labute approximate surface area is 286 Å². The third kappa shape index (κ3) is 35.2. The first kappa shape index (κ1) is 44.3. The van der Waals surface area contributed by atoms with Crippen LogP contribution in [0.4, 0.5) is 0 Å². The summed E-state index contributed by atoms with van der Waals surface area (Å²) in [7, 11) is 4.30. The molecule has 0 aliphatic heterocycles. The summed E-state index contributed by atoms with van der Waals surface area (Å²) in [6.45, 7) is 10.2. The lowest BCUT2D eigenvalue weighted by molar-refractivity contribution is -0.144. The molecule has 0 amide bonds. The third-order valence-corrected chi connectivity index (χ3v) is 8.42. The maximum absolute atomic E-state index is 12.0. The Balaban J connectivity index is 3.92. The molecular weight excluding hydrogens is 572 g/mol. The van der Waals surface area contributed by atoms with Crippen molar-refractivity contribution >= 4 is 11.9 Å². The van der Waals surface area contributed by atoms with Gasteiger partial charge < -0.3 is 19.3 Å². The number of unbranched alkanes of at least 4 members (excludes halogenated alkanes) is 15. The van der Waals surface area contributed by atoms with E-state index in [0.29, 0.717) is 26.1 Å². The number of carbonyl (C=O) groups excluding carboxylic acids is 2. The van der Waals surface area contributed by atoms with Gasteiger partial charge in [0.25, 0.3) is 0 Å². The van der Waals surface area contributed by atoms with Crippen LogP contribution in [0.3, 0.4) is 0 Å². The van der Waals surface area contributed by atoms with E-state index in [1.54, 1.807) is 0 Å². The average Bonchev–Trinajstić information content (AvgIpc) is 3.04. The van der Waals surface area contributed by atoms with Crippen LogP contribution in [0.1, 0.15) is 168 Å². The van der Waals surface area contributed by atoms with Gasteiger partial charge >= 0.3 is 11.9 Å². The van der Waals surface area contributed by atoms with Gasteiger partial charge in [-0.2, -0.15) is 0 Å². The summed E-state index contributed by atoms with van der Waals surface area (Å²) >= 11 is 0. The van der Waals surface area contributed by atoms with Crippen molar-refractivity contribution in [2.24, 2.45) is 0 Å². The summed E-state index contributed by atoms with van der Waals surface area (Å²) in [6, 6.07) is 0. The SMILES string of the molecule is CCCCCC=CCCOC(=O)CCCCCCCN(CCCCCCCC(=O)OCCC=CCCCCC)CCCCN(C)C. The summed E-state index contributed by atoms with van der Waals surface area (Å²) < 4.78 is 10.8. The van der Waals surface area contributed by atoms with Gasteiger partial charge in [-0.05, 0) is 117 Å². The Bertz CT molecular complexity index is 670. The van der Waals surface area contributed by atoms with Gasteiger partial charge in [0.2, 0.25) is 0 Å². The molecule has 0 aliphatic carbocycles. The van der Waals surface area contributed by atoms with Crippen LogP contribution in [-0.2, 0) is 19.1 Å². The Kier molecular flexibility index (Phi) is 34.9. The molecule has 0 atom stereocenters. The van der Waals surface area contributed by atoms with E-state index in [1.807, 2.05) is 0 Å². The van der Waals surface area contributed by atoms with Crippen LogP contribution in [0.2, 0.25) is 0 Å². The normalized spacial score (nSPS) is 11.9. The highest BCUT2D eigenvalue weighted by Crippen LogP contribution is 2.11. The van der Waals surface area contributed by atoms with Gasteiger partial charge in [-0.25, -0.2) is 0 Å². The molecule has 0 aromatic heterocycles. The molecule has 6 nitrogen and oxygen atoms in total. The first-order valence-corrected chi connectivity index (χ1v) is 19.5. The first-order valence-electron chi connectivity index (χ1n) is 19.5. The Morgan fingerprint density at radius 3 is 1.26 bits per heavy atom. The molecule has 0 aromatic carbocycles. The second-order valence-electron chi connectivity index (χ2n) is 13.3. The van der Waals surface area contributed by atoms with E-state index >= 15 is 0 Å². The number of carbonyl (C=O) groups is 2. The van der Waals surface area contributed by atoms with Crippen molar-refractivity contribution in [3.8, 4) is 0 Å². The highest BCUT2D eigenvalue weighted by atomic mass is 16.5. The largest absolute Gasteiger partial charge is 0.465 e. The summed E-state index contributed by atoms with van der Waals surface area (Å²) in [5.74, 6) is -0.0839. The molecule has 0 unspecified atom stereocenters. The molecule has 6 heteroatoms. The zero-order chi connectivity index (χ0) is 33.8. The van der Waals surface area contributed by atoms with Crippen LogP contribution in [0.5, 0.6) is 0 Å². The zero-order valence-electron chi connectivity index (χ0n) is 31.1. The molecule has 0 heterocycles. The highest BCUT2D eigenvalue weighted by molar-refractivity contribution is 5.69. The highest BCUT2D eigenvalue weighted by Gasteiger charge is 2.07. The fourth-order valence-electron chi connectivity index (χ4n) is 5.49. The quantitative estimate of drug-likeness (QED) is 0.0387. The van der Waals surface area contributed by atoms with Crippen molar-refractivity contribution in [2.75, 3.05) is 53.5 Å². The van der Waals surface area contributed by atoms with Gasteiger partial charge in [0.05, 0.1) is 13.2 Å². The minimum atomic E-state index is -0.0420. The summed E-state index contributed by atoms with van der Waals surface area (Å²) in [4.78, 5) is 28.9. The molecule has 0 radical (unpaired) electrons. The van der Waals surface area contributed by atoms with E-state index < -0.39 is 0 Å². The number of hydrogen-bond donors (Lipinski definition) is 0. The minimum absolute atomic E-state index is 0.0420. The zero-order valence-corrected chi connectivity index (χ0v) is 31.1. The molecule has 0 bridgehead atoms. The van der Waals surface area contributed by atoms with Crippen LogP contribution >= 0.6 is 0 Å². The number of rotatable bonds is 35. The molecule has 0 fully saturated rings. The van der Waals surface area contributed by atoms with Crippen molar-refractivity contribution in [2.45, 2.75) is 168 Å². The topological polar surface area (TPSA) is 59.1 Å². The predicted molar refractivity (Wildman–Crippen MR) is 197 cm³/mol. The van der Waals surface area contributed by atoms with Crippen LogP contribution in [0.15, 0.2) is 24.3 Å². The number of hydrogen-bond acceptors (Lipinski definition) is 6. The molecule has 0 aliphatic rings. The minimum Gasteiger partial charge on any atom is -0.465 e.